The van der Waals surface area contributed by atoms with E-state index in [0.717, 1.165) is 5.65 Å². The zero-order chi connectivity index (χ0) is 10.7. The van der Waals surface area contributed by atoms with Gasteiger partial charge >= 0.3 is 0 Å². The van der Waals surface area contributed by atoms with Gasteiger partial charge in [0, 0.05) is 23.8 Å². The summed E-state index contributed by atoms with van der Waals surface area (Å²) < 4.78 is 1.67. The zero-order valence-electron chi connectivity index (χ0n) is 8.02. The molecule has 2 aromatic rings. The molecule has 0 bridgehead atoms. The first kappa shape index (κ1) is 10.4. The summed E-state index contributed by atoms with van der Waals surface area (Å²) in [6.07, 6.45) is 1.76. The second-order valence-corrected chi connectivity index (χ2v) is 3.51. The number of hydrogen-bond donors (Lipinski definition) is 2. The van der Waals surface area contributed by atoms with E-state index < -0.39 is 0 Å². The summed E-state index contributed by atoms with van der Waals surface area (Å²) in [7, 11) is 0. The van der Waals surface area contributed by atoms with E-state index in [9.17, 15) is 0 Å². The van der Waals surface area contributed by atoms with Gasteiger partial charge in [0.25, 0.3) is 0 Å². The SMILES string of the molecule is OCCNCc1nc2cc(Cl)ccn2n1. The van der Waals surface area contributed by atoms with Crippen molar-refractivity contribution in [2.24, 2.45) is 0 Å². The van der Waals surface area contributed by atoms with Crippen LogP contribution in [-0.4, -0.2) is 32.9 Å². The van der Waals surface area contributed by atoms with Crippen molar-refractivity contribution in [3.05, 3.63) is 29.2 Å². The highest BCUT2D eigenvalue weighted by Crippen LogP contribution is 2.10. The van der Waals surface area contributed by atoms with Gasteiger partial charge in [0.2, 0.25) is 0 Å². The molecule has 15 heavy (non-hydrogen) atoms. The number of halogens is 1. The zero-order valence-corrected chi connectivity index (χ0v) is 8.78. The number of fused-ring (bicyclic) bond motifs is 1. The number of pyridine rings is 1. The van der Waals surface area contributed by atoms with Crippen LogP contribution >= 0.6 is 11.6 Å². The van der Waals surface area contributed by atoms with Crippen molar-refractivity contribution in [3.63, 3.8) is 0 Å². The van der Waals surface area contributed by atoms with Crippen LogP contribution in [0.2, 0.25) is 5.02 Å². The maximum atomic E-state index is 8.59. The van der Waals surface area contributed by atoms with Crippen molar-refractivity contribution in [1.82, 2.24) is 19.9 Å². The normalized spacial score (nSPS) is 11.1. The van der Waals surface area contributed by atoms with Gasteiger partial charge in [-0.3, -0.25) is 0 Å². The van der Waals surface area contributed by atoms with Gasteiger partial charge in [-0.1, -0.05) is 11.6 Å². The number of nitrogens with zero attached hydrogens (tertiary/aromatic N) is 3. The average Bonchev–Trinajstić information content (AvgIpc) is 2.60. The standard InChI is InChI=1S/C9H11ClN4O/c10-7-1-3-14-9(5-7)12-8(13-14)6-11-2-4-15/h1,3,5,11,15H,2,4,6H2. The van der Waals surface area contributed by atoms with Crippen LogP contribution < -0.4 is 5.32 Å². The number of nitrogens with one attached hydrogen (secondary N) is 1. The Morgan fingerprint density at radius 1 is 1.53 bits per heavy atom. The van der Waals surface area contributed by atoms with Gasteiger partial charge in [-0.25, -0.2) is 9.50 Å². The number of aliphatic hydroxyl groups excluding tert-OH is 1. The molecule has 0 atom stereocenters. The fourth-order valence-corrected chi connectivity index (χ4v) is 1.41. The fourth-order valence-electron chi connectivity index (χ4n) is 1.26. The third-order valence-electron chi connectivity index (χ3n) is 1.92. The summed E-state index contributed by atoms with van der Waals surface area (Å²) in [6, 6.07) is 3.51. The van der Waals surface area contributed by atoms with Gasteiger partial charge in [-0.15, -0.1) is 5.10 Å². The molecule has 5 nitrogen and oxygen atoms in total. The first-order chi connectivity index (χ1) is 7.29. The molecule has 0 radical (unpaired) electrons. The Balaban J connectivity index is 2.16. The Hall–Kier alpha value is -1.17. The second-order valence-electron chi connectivity index (χ2n) is 3.08. The van der Waals surface area contributed by atoms with E-state index in [-0.39, 0.29) is 6.61 Å². The molecule has 0 saturated carbocycles. The average molecular weight is 227 g/mol. The number of hydrogen-bond acceptors (Lipinski definition) is 4. The van der Waals surface area contributed by atoms with Crippen LogP contribution in [0.4, 0.5) is 0 Å². The highest BCUT2D eigenvalue weighted by molar-refractivity contribution is 6.30. The lowest BCUT2D eigenvalue weighted by molar-refractivity contribution is 0.291. The molecule has 2 rings (SSSR count). The molecular formula is C9H11ClN4O. The van der Waals surface area contributed by atoms with E-state index in [1.807, 2.05) is 0 Å². The van der Waals surface area contributed by atoms with Gasteiger partial charge in [-0.05, 0) is 6.07 Å². The molecule has 0 aromatic carbocycles. The van der Waals surface area contributed by atoms with Crippen molar-refractivity contribution in [2.75, 3.05) is 13.2 Å². The van der Waals surface area contributed by atoms with Gasteiger partial charge in [-0.2, -0.15) is 0 Å². The highest BCUT2D eigenvalue weighted by atomic mass is 35.5. The van der Waals surface area contributed by atoms with E-state index >= 15 is 0 Å². The smallest absolute Gasteiger partial charge is 0.165 e. The summed E-state index contributed by atoms with van der Waals surface area (Å²) in [5.41, 5.74) is 0.725. The maximum absolute atomic E-state index is 8.59. The van der Waals surface area contributed by atoms with Gasteiger partial charge in [0.15, 0.2) is 11.5 Å². The minimum absolute atomic E-state index is 0.110. The Morgan fingerprint density at radius 2 is 2.40 bits per heavy atom. The molecule has 0 unspecified atom stereocenters. The molecule has 0 fully saturated rings. The van der Waals surface area contributed by atoms with Crippen molar-refractivity contribution >= 4 is 17.2 Å². The minimum atomic E-state index is 0.110. The van der Waals surface area contributed by atoms with E-state index in [1.54, 1.807) is 22.8 Å². The van der Waals surface area contributed by atoms with Crippen molar-refractivity contribution in [1.29, 1.82) is 0 Å². The van der Waals surface area contributed by atoms with Gasteiger partial charge < -0.3 is 10.4 Å². The quantitative estimate of drug-likeness (QED) is 0.744. The fraction of sp³-hybridized carbons (Fsp3) is 0.333. The molecule has 6 heteroatoms. The highest BCUT2D eigenvalue weighted by Gasteiger charge is 2.02. The Bertz CT molecular complexity index is 456. The van der Waals surface area contributed by atoms with E-state index in [4.69, 9.17) is 16.7 Å². The predicted octanol–water partition coefficient (Wildman–Crippen LogP) is 0.465. The second kappa shape index (κ2) is 4.57. The molecule has 2 N–H and O–H groups in total. The first-order valence-corrected chi connectivity index (χ1v) is 5.00. The summed E-state index contributed by atoms with van der Waals surface area (Å²) in [5, 5.41) is 16.5. The largest absolute Gasteiger partial charge is 0.395 e. The lowest BCUT2D eigenvalue weighted by atomic mass is 10.5. The molecule has 2 aromatic heterocycles. The molecule has 0 aliphatic heterocycles. The van der Waals surface area contributed by atoms with Crippen LogP contribution in [0.1, 0.15) is 5.82 Å². The van der Waals surface area contributed by atoms with E-state index in [0.29, 0.717) is 23.9 Å². The Kier molecular flexibility index (Phi) is 3.15. The third kappa shape index (κ3) is 2.44. The lowest BCUT2D eigenvalue weighted by Gasteiger charge is -1.95. The first-order valence-electron chi connectivity index (χ1n) is 4.62. The maximum Gasteiger partial charge on any atom is 0.165 e. The molecule has 0 aliphatic carbocycles. The van der Waals surface area contributed by atoms with Crippen LogP contribution in [0.15, 0.2) is 18.3 Å². The summed E-state index contributed by atoms with van der Waals surface area (Å²) in [4.78, 5) is 4.27. The molecule has 80 valence electrons. The molecule has 0 amide bonds. The summed E-state index contributed by atoms with van der Waals surface area (Å²) in [5.74, 6) is 0.686. The number of aromatic nitrogens is 3. The van der Waals surface area contributed by atoms with Crippen LogP contribution in [0, 0.1) is 0 Å². The van der Waals surface area contributed by atoms with Crippen molar-refractivity contribution in [3.8, 4) is 0 Å². The summed E-state index contributed by atoms with van der Waals surface area (Å²) in [6.45, 7) is 1.19. The predicted molar refractivity (Wildman–Crippen MR) is 56.8 cm³/mol. The third-order valence-corrected chi connectivity index (χ3v) is 2.15. The summed E-state index contributed by atoms with van der Waals surface area (Å²) >= 11 is 5.82. The van der Waals surface area contributed by atoms with Crippen molar-refractivity contribution in [2.45, 2.75) is 6.54 Å². The minimum Gasteiger partial charge on any atom is -0.395 e. The number of rotatable bonds is 4. The van der Waals surface area contributed by atoms with Crippen LogP contribution in [-0.2, 0) is 6.54 Å². The topological polar surface area (TPSA) is 62.5 Å². The molecule has 0 saturated heterocycles. The molecule has 2 heterocycles. The molecular weight excluding hydrogens is 216 g/mol. The van der Waals surface area contributed by atoms with E-state index in [2.05, 4.69) is 15.4 Å². The Morgan fingerprint density at radius 3 is 3.20 bits per heavy atom. The van der Waals surface area contributed by atoms with E-state index in [1.165, 1.54) is 0 Å². The van der Waals surface area contributed by atoms with Crippen LogP contribution in [0.5, 0.6) is 0 Å². The Labute approximate surface area is 91.7 Å². The molecule has 0 aliphatic rings. The van der Waals surface area contributed by atoms with Crippen LogP contribution in [0.3, 0.4) is 0 Å². The monoisotopic (exact) mass is 226 g/mol. The lowest BCUT2D eigenvalue weighted by Crippen LogP contribution is -2.18. The van der Waals surface area contributed by atoms with Crippen molar-refractivity contribution < 1.29 is 5.11 Å². The molecule has 0 spiro atoms. The van der Waals surface area contributed by atoms with Gasteiger partial charge in [0.05, 0.1) is 13.2 Å². The van der Waals surface area contributed by atoms with Crippen LogP contribution in [0.25, 0.3) is 5.65 Å². The van der Waals surface area contributed by atoms with Gasteiger partial charge in [0.1, 0.15) is 0 Å². The number of aliphatic hydroxyl groups is 1.